The Labute approximate surface area is 114 Å². The molecule has 110 valence electrons. The number of ether oxygens (including phenoxy) is 1. The summed E-state index contributed by atoms with van der Waals surface area (Å²) in [4.78, 5) is 0. The lowest BCUT2D eigenvalue weighted by Crippen LogP contribution is -2.40. The number of methoxy groups -OCH3 is 1. The van der Waals surface area contributed by atoms with Crippen LogP contribution in [-0.2, 0) is 21.3 Å². The molecule has 1 rings (SSSR count). The molecule has 0 aromatic carbocycles. The molecule has 1 unspecified atom stereocenters. The number of hydrogen-bond donors (Lipinski definition) is 1. The fourth-order valence-corrected chi connectivity index (χ4v) is 3.31. The standard InChI is InChI=1S/C12H22N2O4S/c1-4-10(2)14(7-8-17-3)19(15,16)12-6-5-11(9-13)18-12/h5-6,10H,4,7-9,13H2,1-3H3. The van der Waals surface area contributed by atoms with Gasteiger partial charge < -0.3 is 14.9 Å². The van der Waals surface area contributed by atoms with Gasteiger partial charge in [-0.05, 0) is 25.5 Å². The molecule has 0 aliphatic rings. The summed E-state index contributed by atoms with van der Waals surface area (Å²) in [6, 6.07) is 2.91. The fourth-order valence-electron chi connectivity index (χ4n) is 1.68. The van der Waals surface area contributed by atoms with E-state index in [1.165, 1.54) is 10.4 Å². The van der Waals surface area contributed by atoms with Crippen molar-refractivity contribution in [3.8, 4) is 0 Å². The minimum Gasteiger partial charge on any atom is -0.447 e. The predicted molar refractivity (Wildman–Crippen MR) is 72.1 cm³/mol. The SMILES string of the molecule is CCC(C)N(CCOC)S(=O)(=O)c1ccc(CN)o1. The Morgan fingerprint density at radius 1 is 1.47 bits per heavy atom. The molecule has 0 radical (unpaired) electrons. The summed E-state index contributed by atoms with van der Waals surface area (Å²) in [5.41, 5.74) is 5.43. The van der Waals surface area contributed by atoms with Crippen LogP contribution < -0.4 is 5.73 Å². The first-order chi connectivity index (χ1) is 8.97. The minimum atomic E-state index is -3.64. The van der Waals surface area contributed by atoms with E-state index in [-0.39, 0.29) is 17.7 Å². The van der Waals surface area contributed by atoms with Crippen molar-refractivity contribution in [2.24, 2.45) is 5.73 Å². The summed E-state index contributed by atoms with van der Waals surface area (Å²) >= 11 is 0. The molecule has 1 aromatic heterocycles. The van der Waals surface area contributed by atoms with Crippen molar-refractivity contribution in [3.63, 3.8) is 0 Å². The van der Waals surface area contributed by atoms with Crippen LogP contribution in [0.15, 0.2) is 21.6 Å². The van der Waals surface area contributed by atoms with Gasteiger partial charge in [-0.15, -0.1) is 0 Å². The number of rotatable bonds is 8. The summed E-state index contributed by atoms with van der Waals surface area (Å²) in [7, 11) is -2.10. The molecule has 7 heteroatoms. The molecule has 1 atom stereocenters. The van der Waals surface area contributed by atoms with E-state index in [9.17, 15) is 8.42 Å². The van der Waals surface area contributed by atoms with Gasteiger partial charge in [-0.3, -0.25) is 0 Å². The first-order valence-electron chi connectivity index (χ1n) is 6.26. The maximum absolute atomic E-state index is 12.5. The third-order valence-electron chi connectivity index (χ3n) is 3.00. The van der Waals surface area contributed by atoms with E-state index < -0.39 is 10.0 Å². The average molecular weight is 290 g/mol. The second kappa shape index (κ2) is 7.04. The van der Waals surface area contributed by atoms with Crippen LogP contribution in [-0.4, -0.2) is 39.0 Å². The van der Waals surface area contributed by atoms with Gasteiger partial charge in [0, 0.05) is 19.7 Å². The molecule has 1 heterocycles. The molecule has 2 N–H and O–H groups in total. The van der Waals surface area contributed by atoms with E-state index in [2.05, 4.69) is 0 Å². The van der Waals surface area contributed by atoms with E-state index in [0.717, 1.165) is 0 Å². The molecule has 0 saturated heterocycles. The quantitative estimate of drug-likeness (QED) is 0.777. The van der Waals surface area contributed by atoms with Crippen LogP contribution >= 0.6 is 0 Å². The zero-order chi connectivity index (χ0) is 14.5. The molecule has 0 amide bonds. The summed E-state index contributed by atoms with van der Waals surface area (Å²) in [6.07, 6.45) is 0.716. The van der Waals surface area contributed by atoms with Crippen LogP contribution in [0.4, 0.5) is 0 Å². The lowest BCUT2D eigenvalue weighted by molar-refractivity contribution is 0.166. The molecule has 19 heavy (non-hydrogen) atoms. The highest BCUT2D eigenvalue weighted by Crippen LogP contribution is 2.21. The largest absolute Gasteiger partial charge is 0.447 e. The molecular weight excluding hydrogens is 268 g/mol. The van der Waals surface area contributed by atoms with Crippen LogP contribution in [0, 0.1) is 0 Å². The topological polar surface area (TPSA) is 85.8 Å². The Bertz CT molecular complexity index is 484. The van der Waals surface area contributed by atoms with Crippen molar-refractivity contribution >= 4 is 10.0 Å². The number of sulfonamides is 1. The maximum atomic E-state index is 12.5. The van der Waals surface area contributed by atoms with E-state index in [1.807, 2.05) is 13.8 Å². The van der Waals surface area contributed by atoms with Gasteiger partial charge >= 0.3 is 0 Å². The summed E-state index contributed by atoms with van der Waals surface area (Å²) in [5, 5.41) is -0.0654. The van der Waals surface area contributed by atoms with Crippen molar-refractivity contribution < 1.29 is 17.6 Å². The van der Waals surface area contributed by atoms with Gasteiger partial charge in [-0.25, -0.2) is 8.42 Å². The van der Waals surface area contributed by atoms with Crippen LogP contribution in [0.2, 0.25) is 0 Å². The van der Waals surface area contributed by atoms with Crippen molar-refractivity contribution in [1.82, 2.24) is 4.31 Å². The number of nitrogens with two attached hydrogens (primary N) is 1. The van der Waals surface area contributed by atoms with Gasteiger partial charge in [-0.2, -0.15) is 4.31 Å². The Morgan fingerprint density at radius 2 is 2.16 bits per heavy atom. The molecule has 0 aliphatic heterocycles. The van der Waals surface area contributed by atoms with Crippen LogP contribution in [0.25, 0.3) is 0 Å². The van der Waals surface area contributed by atoms with Crippen molar-refractivity contribution in [3.05, 3.63) is 17.9 Å². The first-order valence-corrected chi connectivity index (χ1v) is 7.70. The Hall–Kier alpha value is -0.890. The fraction of sp³-hybridized carbons (Fsp3) is 0.667. The van der Waals surface area contributed by atoms with Gasteiger partial charge in [0.15, 0.2) is 0 Å². The second-order valence-electron chi connectivity index (χ2n) is 4.29. The van der Waals surface area contributed by atoms with E-state index in [0.29, 0.717) is 25.3 Å². The predicted octanol–water partition coefficient (Wildman–Crippen LogP) is 1.17. The molecule has 0 aliphatic carbocycles. The van der Waals surface area contributed by atoms with Gasteiger partial charge in [-0.1, -0.05) is 6.92 Å². The Balaban J connectivity index is 3.04. The molecule has 0 spiro atoms. The van der Waals surface area contributed by atoms with E-state index >= 15 is 0 Å². The summed E-state index contributed by atoms with van der Waals surface area (Å²) in [6.45, 7) is 4.62. The maximum Gasteiger partial charge on any atom is 0.276 e. The first kappa shape index (κ1) is 16.2. The molecule has 0 fully saturated rings. The summed E-state index contributed by atoms with van der Waals surface area (Å²) < 4.78 is 36.6. The van der Waals surface area contributed by atoms with Gasteiger partial charge in [0.05, 0.1) is 13.2 Å². The van der Waals surface area contributed by atoms with Crippen molar-refractivity contribution in [1.29, 1.82) is 0 Å². The molecule has 1 aromatic rings. The number of furan rings is 1. The third-order valence-corrected chi connectivity index (χ3v) is 4.89. The van der Waals surface area contributed by atoms with E-state index in [4.69, 9.17) is 14.9 Å². The molecule has 6 nitrogen and oxygen atoms in total. The van der Waals surface area contributed by atoms with Gasteiger partial charge in [0.25, 0.3) is 10.0 Å². The highest BCUT2D eigenvalue weighted by atomic mass is 32.2. The lowest BCUT2D eigenvalue weighted by atomic mass is 10.3. The monoisotopic (exact) mass is 290 g/mol. The van der Waals surface area contributed by atoms with Gasteiger partial charge in [0.2, 0.25) is 5.09 Å². The Kier molecular flexibility index (Phi) is 5.99. The smallest absolute Gasteiger partial charge is 0.276 e. The van der Waals surface area contributed by atoms with Crippen molar-refractivity contribution in [2.75, 3.05) is 20.3 Å². The number of hydrogen-bond acceptors (Lipinski definition) is 5. The summed E-state index contributed by atoms with van der Waals surface area (Å²) in [5.74, 6) is 0.453. The highest BCUT2D eigenvalue weighted by molar-refractivity contribution is 7.89. The lowest BCUT2D eigenvalue weighted by Gasteiger charge is -2.26. The minimum absolute atomic E-state index is 0.0654. The van der Waals surface area contributed by atoms with Crippen LogP contribution in [0.5, 0.6) is 0 Å². The average Bonchev–Trinajstić information content (AvgIpc) is 2.88. The molecule has 0 bridgehead atoms. The van der Waals surface area contributed by atoms with Crippen molar-refractivity contribution in [2.45, 2.75) is 37.9 Å². The number of nitrogens with zero attached hydrogens (tertiary/aromatic N) is 1. The second-order valence-corrected chi connectivity index (χ2v) is 6.11. The van der Waals surface area contributed by atoms with Crippen LogP contribution in [0.3, 0.4) is 0 Å². The third kappa shape index (κ3) is 3.79. The molecular formula is C12H22N2O4S. The Morgan fingerprint density at radius 3 is 2.63 bits per heavy atom. The molecule has 0 saturated carbocycles. The zero-order valence-electron chi connectivity index (χ0n) is 11.6. The van der Waals surface area contributed by atoms with E-state index in [1.54, 1.807) is 13.2 Å². The zero-order valence-corrected chi connectivity index (χ0v) is 12.4. The van der Waals surface area contributed by atoms with Gasteiger partial charge in [0.1, 0.15) is 5.76 Å². The van der Waals surface area contributed by atoms with Crippen LogP contribution in [0.1, 0.15) is 26.0 Å². The highest BCUT2D eigenvalue weighted by Gasteiger charge is 2.30. The normalized spacial score (nSPS) is 13.9.